The Bertz CT molecular complexity index is 413. The Morgan fingerprint density at radius 3 is 2.45 bits per heavy atom. The number of unbranched alkanes of at least 4 members (excludes halogenated alkanes) is 3. The molecule has 1 atom stereocenters. The zero-order valence-electron chi connectivity index (χ0n) is 12.5. The van der Waals surface area contributed by atoms with E-state index in [2.05, 4.69) is 12.2 Å². The van der Waals surface area contributed by atoms with Gasteiger partial charge in [-0.1, -0.05) is 38.7 Å². The first-order valence-corrected chi connectivity index (χ1v) is 7.29. The van der Waals surface area contributed by atoms with E-state index in [4.69, 9.17) is 0 Å². The molecule has 0 aliphatic carbocycles. The van der Waals surface area contributed by atoms with Gasteiger partial charge >= 0.3 is 6.18 Å². The van der Waals surface area contributed by atoms with Gasteiger partial charge in [0.25, 0.3) is 0 Å². The van der Waals surface area contributed by atoms with Gasteiger partial charge in [-0.3, -0.25) is 0 Å². The van der Waals surface area contributed by atoms with Crippen molar-refractivity contribution in [2.75, 3.05) is 5.32 Å². The van der Waals surface area contributed by atoms with E-state index in [1.807, 2.05) is 13.8 Å². The average Bonchev–Trinajstić information content (AvgIpc) is 2.36. The number of rotatable bonds is 7. The molecule has 1 aromatic rings. The first-order valence-electron chi connectivity index (χ1n) is 7.29. The highest BCUT2D eigenvalue weighted by molar-refractivity contribution is 5.53. The van der Waals surface area contributed by atoms with Crippen LogP contribution in [0.25, 0.3) is 0 Å². The van der Waals surface area contributed by atoms with Crippen LogP contribution in [0.2, 0.25) is 0 Å². The number of hydrogen-bond donors (Lipinski definition) is 1. The summed E-state index contributed by atoms with van der Waals surface area (Å²) in [6.45, 7) is 6.01. The number of alkyl halides is 3. The molecule has 114 valence electrons. The molecule has 1 rings (SSSR count). The fourth-order valence-electron chi connectivity index (χ4n) is 2.17. The molecule has 0 aliphatic rings. The Morgan fingerprint density at radius 1 is 1.15 bits per heavy atom. The summed E-state index contributed by atoms with van der Waals surface area (Å²) < 4.78 is 38.1. The molecule has 1 aromatic carbocycles. The largest absolute Gasteiger partial charge is 0.416 e. The molecule has 4 heteroatoms. The van der Waals surface area contributed by atoms with E-state index >= 15 is 0 Å². The third-order valence-electron chi connectivity index (χ3n) is 3.46. The third-order valence-corrected chi connectivity index (χ3v) is 3.46. The third kappa shape index (κ3) is 5.43. The molecule has 0 fully saturated rings. The minimum absolute atomic E-state index is 0.189. The van der Waals surface area contributed by atoms with E-state index in [0.717, 1.165) is 24.5 Å². The van der Waals surface area contributed by atoms with Crippen LogP contribution < -0.4 is 5.32 Å². The van der Waals surface area contributed by atoms with Crippen molar-refractivity contribution in [1.29, 1.82) is 0 Å². The van der Waals surface area contributed by atoms with Crippen LogP contribution in [0.4, 0.5) is 18.9 Å². The van der Waals surface area contributed by atoms with Crippen LogP contribution in [0, 0.1) is 6.92 Å². The van der Waals surface area contributed by atoms with Crippen molar-refractivity contribution < 1.29 is 13.2 Å². The zero-order chi connectivity index (χ0) is 15.2. The van der Waals surface area contributed by atoms with Gasteiger partial charge in [0, 0.05) is 11.7 Å². The quantitative estimate of drug-likeness (QED) is 0.626. The molecule has 20 heavy (non-hydrogen) atoms. The lowest BCUT2D eigenvalue weighted by Gasteiger charge is -2.18. The summed E-state index contributed by atoms with van der Waals surface area (Å²) in [4.78, 5) is 0. The summed E-state index contributed by atoms with van der Waals surface area (Å²) in [5, 5.41) is 3.20. The van der Waals surface area contributed by atoms with Gasteiger partial charge in [0.2, 0.25) is 0 Å². The SMILES string of the molecule is CCCCCCC(C)Nc1cc(C(F)(F)F)ccc1C. The standard InChI is InChI=1S/C16H24F3N/c1-4-5-6-7-8-13(3)20-15-11-14(16(17,18)19)10-9-12(15)2/h9-11,13,20H,4-8H2,1-3H3. The van der Waals surface area contributed by atoms with E-state index in [1.165, 1.54) is 31.4 Å². The maximum Gasteiger partial charge on any atom is 0.416 e. The molecule has 1 nitrogen and oxygen atoms in total. The number of hydrogen-bond acceptors (Lipinski definition) is 1. The van der Waals surface area contributed by atoms with Crippen LogP contribution in [-0.4, -0.2) is 6.04 Å². The molecule has 0 amide bonds. The zero-order valence-corrected chi connectivity index (χ0v) is 12.5. The first-order chi connectivity index (χ1) is 9.34. The van der Waals surface area contributed by atoms with Gasteiger partial charge < -0.3 is 5.32 Å². The lowest BCUT2D eigenvalue weighted by molar-refractivity contribution is -0.137. The highest BCUT2D eigenvalue weighted by Crippen LogP contribution is 2.32. The lowest BCUT2D eigenvalue weighted by Crippen LogP contribution is -2.16. The Balaban J connectivity index is 2.62. The number of benzene rings is 1. The van der Waals surface area contributed by atoms with Crippen LogP contribution in [0.5, 0.6) is 0 Å². The monoisotopic (exact) mass is 287 g/mol. The number of anilines is 1. The molecule has 0 spiro atoms. The van der Waals surface area contributed by atoms with Crippen molar-refractivity contribution in [3.63, 3.8) is 0 Å². The Hall–Kier alpha value is -1.19. The van der Waals surface area contributed by atoms with Crippen LogP contribution in [0.1, 0.15) is 57.1 Å². The molecule has 0 aliphatic heterocycles. The first kappa shape index (κ1) is 16.9. The van der Waals surface area contributed by atoms with Crippen molar-refractivity contribution in [2.24, 2.45) is 0 Å². The highest BCUT2D eigenvalue weighted by atomic mass is 19.4. The van der Waals surface area contributed by atoms with Gasteiger partial charge in [-0.2, -0.15) is 13.2 Å². The lowest BCUT2D eigenvalue weighted by atomic mass is 10.1. The van der Waals surface area contributed by atoms with Gasteiger partial charge in [-0.15, -0.1) is 0 Å². The molecule has 0 saturated carbocycles. The Labute approximate surface area is 119 Å². The molecule has 0 aromatic heterocycles. The van der Waals surface area contributed by atoms with E-state index in [0.29, 0.717) is 5.69 Å². The molecular formula is C16H24F3N. The fraction of sp³-hybridized carbons (Fsp3) is 0.625. The van der Waals surface area contributed by atoms with Gasteiger partial charge in [-0.25, -0.2) is 0 Å². The van der Waals surface area contributed by atoms with Gasteiger partial charge in [-0.05, 0) is 38.0 Å². The van der Waals surface area contributed by atoms with Crippen LogP contribution in [0.15, 0.2) is 18.2 Å². The van der Waals surface area contributed by atoms with E-state index in [9.17, 15) is 13.2 Å². The summed E-state index contributed by atoms with van der Waals surface area (Å²) in [6.07, 6.45) is 1.40. The molecular weight excluding hydrogens is 263 g/mol. The topological polar surface area (TPSA) is 12.0 Å². The maximum atomic E-state index is 12.7. The second kappa shape index (κ2) is 7.55. The maximum absolute atomic E-state index is 12.7. The molecule has 0 bridgehead atoms. The van der Waals surface area contributed by atoms with E-state index in [1.54, 1.807) is 0 Å². The molecule has 0 saturated heterocycles. The summed E-state index contributed by atoms with van der Waals surface area (Å²) in [7, 11) is 0. The van der Waals surface area contributed by atoms with Crippen molar-refractivity contribution in [2.45, 2.75) is 65.1 Å². The number of aryl methyl sites for hydroxylation is 1. The van der Waals surface area contributed by atoms with Gasteiger partial charge in [0.05, 0.1) is 5.56 Å². The smallest absolute Gasteiger partial charge is 0.382 e. The molecule has 0 radical (unpaired) electrons. The van der Waals surface area contributed by atoms with Gasteiger partial charge in [0.15, 0.2) is 0 Å². The van der Waals surface area contributed by atoms with Crippen molar-refractivity contribution in [1.82, 2.24) is 0 Å². The second-order valence-electron chi connectivity index (χ2n) is 5.42. The van der Waals surface area contributed by atoms with Crippen molar-refractivity contribution >= 4 is 5.69 Å². The van der Waals surface area contributed by atoms with E-state index in [-0.39, 0.29) is 6.04 Å². The summed E-state index contributed by atoms with van der Waals surface area (Å²) in [6, 6.07) is 4.05. The van der Waals surface area contributed by atoms with Gasteiger partial charge in [0.1, 0.15) is 0 Å². The summed E-state index contributed by atoms with van der Waals surface area (Å²) in [5.74, 6) is 0. The molecule has 0 heterocycles. The van der Waals surface area contributed by atoms with Crippen LogP contribution >= 0.6 is 0 Å². The van der Waals surface area contributed by atoms with Crippen molar-refractivity contribution in [3.8, 4) is 0 Å². The van der Waals surface area contributed by atoms with Crippen LogP contribution in [0.3, 0.4) is 0 Å². The number of halogens is 3. The average molecular weight is 287 g/mol. The number of nitrogens with one attached hydrogen (secondary N) is 1. The molecule has 1 N–H and O–H groups in total. The van der Waals surface area contributed by atoms with Crippen molar-refractivity contribution in [3.05, 3.63) is 29.3 Å². The summed E-state index contributed by atoms with van der Waals surface area (Å²) in [5.41, 5.74) is 0.838. The predicted molar refractivity (Wildman–Crippen MR) is 78.0 cm³/mol. The summed E-state index contributed by atoms with van der Waals surface area (Å²) >= 11 is 0. The normalized spacial score (nSPS) is 13.3. The predicted octanol–water partition coefficient (Wildman–Crippen LogP) is 5.78. The second-order valence-corrected chi connectivity index (χ2v) is 5.42. The minimum Gasteiger partial charge on any atom is -0.382 e. The Kier molecular flexibility index (Phi) is 6.37. The minimum atomic E-state index is -4.28. The Morgan fingerprint density at radius 2 is 1.85 bits per heavy atom. The van der Waals surface area contributed by atoms with Crippen LogP contribution in [-0.2, 0) is 6.18 Å². The highest BCUT2D eigenvalue weighted by Gasteiger charge is 2.30. The molecule has 1 unspecified atom stereocenters. The van der Waals surface area contributed by atoms with E-state index < -0.39 is 11.7 Å². The fourth-order valence-corrected chi connectivity index (χ4v) is 2.17.